The van der Waals surface area contributed by atoms with Crippen LogP contribution in [0.5, 0.6) is 0 Å². The Hall–Kier alpha value is -2.11. The SMILES string of the molecule is Nc1ccc(N2CC(=O)NCC2=O)cc1F. The van der Waals surface area contributed by atoms with Crippen molar-refractivity contribution in [3.63, 3.8) is 0 Å². The summed E-state index contributed by atoms with van der Waals surface area (Å²) in [6, 6.07) is 4.02. The molecule has 3 N–H and O–H groups in total. The molecule has 84 valence electrons. The molecule has 0 bridgehead atoms. The van der Waals surface area contributed by atoms with E-state index in [0.717, 1.165) is 6.07 Å². The number of benzene rings is 1. The lowest BCUT2D eigenvalue weighted by atomic mass is 10.2. The number of hydrogen-bond donors (Lipinski definition) is 2. The Morgan fingerprint density at radius 2 is 2.12 bits per heavy atom. The normalized spacial score (nSPS) is 16.2. The first-order valence-corrected chi connectivity index (χ1v) is 4.70. The van der Waals surface area contributed by atoms with Gasteiger partial charge in [0.15, 0.2) is 0 Å². The molecule has 0 spiro atoms. The Balaban J connectivity index is 2.31. The molecule has 1 aromatic carbocycles. The average molecular weight is 223 g/mol. The lowest BCUT2D eigenvalue weighted by Gasteiger charge is -2.26. The molecule has 0 aliphatic carbocycles. The lowest BCUT2D eigenvalue weighted by molar-refractivity contribution is -0.128. The van der Waals surface area contributed by atoms with Gasteiger partial charge >= 0.3 is 0 Å². The van der Waals surface area contributed by atoms with Gasteiger partial charge < -0.3 is 16.0 Å². The zero-order chi connectivity index (χ0) is 11.7. The van der Waals surface area contributed by atoms with Crippen LogP contribution in [-0.4, -0.2) is 24.9 Å². The Morgan fingerprint density at radius 1 is 1.38 bits per heavy atom. The second kappa shape index (κ2) is 3.80. The summed E-state index contributed by atoms with van der Waals surface area (Å²) in [6.45, 7) is -0.160. The number of halogens is 1. The molecule has 0 unspecified atom stereocenters. The van der Waals surface area contributed by atoms with Gasteiger partial charge in [0, 0.05) is 5.69 Å². The molecule has 2 amide bonds. The molecule has 1 saturated heterocycles. The van der Waals surface area contributed by atoms with E-state index in [1.807, 2.05) is 0 Å². The maximum Gasteiger partial charge on any atom is 0.246 e. The molecule has 16 heavy (non-hydrogen) atoms. The van der Waals surface area contributed by atoms with Crippen LogP contribution in [0.15, 0.2) is 18.2 Å². The largest absolute Gasteiger partial charge is 0.396 e. The number of amides is 2. The highest BCUT2D eigenvalue weighted by molar-refractivity contribution is 6.04. The van der Waals surface area contributed by atoms with Crippen LogP contribution in [0, 0.1) is 5.82 Å². The van der Waals surface area contributed by atoms with E-state index >= 15 is 0 Å². The molecule has 1 aromatic rings. The summed E-state index contributed by atoms with van der Waals surface area (Å²) in [4.78, 5) is 23.8. The number of nitrogens with one attached hydrogen (secondary N) is 1. The summed E-state index contributed by atoms with van der Waals surface area (Å²) in [5.74, 6) is -1.14. The molecule has 6 heteroatoms. The highest BCUT2D eigenvalue weighted by atomic mass is 19.1. The molecule has 1 aliphatic rings. The summed E-state index contributed by atoms with van der Waals surface area (Å²) >= 11 is 0. The van der Waals surface area contributed by atoms with E-state index in [2.05, 4.69) is 5.32 Å². The number of nitrogens with zero attached hydrogens (tertiary/aromatic N) is 1. The van der Waals surface area contributed by atoms with E-state index < -0.39 is 5.82 Å². The number of hydrogen-bond acceptors (Lipinski definition) is 3. The van der Waals surface area contributed by atoms with E-state index in [4.69, 9.17) is 5.73 Å². The maximum atomic E-state index is 13.2. The number of nitrogen functional groups attached to an aromatic ring is 1. The highest BCUT2D eigenvalue weighted by Gasteiger charge is 2.24. The first-order chi connectivity index (χ1) is 7.58. The van der Waals surface area contributed by atoms with Crippen LogP contribution in [0.1, 0.15) is 0 Å². The van der Waals surface area contributed by atoms with Gasteiger partial charge in [-0.1, -0.05) is 0 Å². The smallest absolute Gasteiger partial charge is 0.246 e. The van der Waals surface area contributed by atoms with Gasteiger partial charge in [0.2, 0.25) is 11.8 Å². The Bertz CT molecular complexity index is 461. The van der Waals surface area contributed by atoms with Crippen molar-refractivity contribution in [3.8, 4) is 0 Å². The molecule has 0 saturated carbocycles. The third-order valence-electron chi connectivity index (χ3n) is 2.34. The number of piperazine rings is 1. The molecular weight excluding hydrogens is 213 g/mol. The zero-order valence-electron chi connectivity index (χ0n) is 8.37. The Kier molecular flexibility index (Phi) is 2.47. The average Bonchev–Trinajstić information content (AvgIpc) is 2.26. The van der Waals surface area contributed by atoms with Crippen LogP contribution in [-0.2, 0) is 9.59 Å². The predicted octanol–water partition coefficient (Wildman–Crippen LogP) is -0.129. The van der Waals surface area contributed by atoms with E-state index in [9.17, 15) is 14.0 Å². The fourth-order valence-corrected chi connectivity index (χ4v) is 1.48. The predicted molar refractivity (Wildman–Crippen MR) is 56.2 cm³/mol. The molecule has 0 aromatic heterocycles. The molecule has 1 heterocycles. The number of nitrogens with two attached hydrogens (primary N) is 1. The zero-order valence-corrected chi connectivity index (χ0v) is 8.37. The van der Waals surface area contributed by atoms with Crippen LogP contribution >= 0.6 is 0 Å². The minimum Gasteiger partial charge on any atom is -0.396 e. The molecule has 1 fully saturated rings. The van der Waals surface area contributed by atoms with E-state index in [0.29, 0.717) is 5.69 Å². The third kappa shape index (κ3) is 1.81. The van der Waals surface area contributed by atoms with Crippen molar-refractivity contribution in [2.75, 3.05) is 23.7 Å². The minimum absolute atomic E-state index is 0.0117. The number of carbonyl (C=O) groups excluding carboxylic acids is 2. The fourth-order valence-electron chi connectivity index (χ4n) is 1.48. The summed E-state index contributed by atoms with van der Waals surface area (Å²) in [6.07, 6.45) is 0. The van der Waals surface area contributed by atoms with E-state index in [1.165, 1.54) is 17.0 Å². The lowest BCUT2D eigenvalue weighted by Crippen LogP contribution is -2.51. The maximum absolute atomic E-state index is 13.2. The van der Waals surface area contributed by atoms with Gasteiger partial charge in [-0.3, -0.25) is 9.59 Å². The molecule has 5 nitrogen and oxygen atoms in total. The van der Waals surface area contributed by atoms with Crippen molar-refractivity contribution in [2.45, 2.75) is 0 Å². The number of anilines is 2. The van der Waals surface area contributed by atoms with Gasteiger partial charge in [-0.2, -0.15) is 0 Å². The van der Waals surface area contributed by atoms with E-state index in [1.54, 1.807) is 0 Å². The first-order valence-electron chi connectivity index (χ1n) is 4.70. The van der Waals surface area contributed by atoms with Gasteiger partial charge in [-0.15, -0.1) is 0 Å². The summed E-state index contributed by atoms with van der Waals surface area (Å²) in [5.41, 5.74) is 5.67. The third-order valence-corrected chi connectivity index (χ3v) is 2.34. The fraction of sp³-hybridized carbons (Fsp3) is 0.200. The van der Waals surface area contributed by atoms with Crippen LogP contribution in [0.2, 0.25) is 0 Å². The van der Waals surface area contributed by atoms with Crippen molar-refractivity contribution in [1.82, 2.24) is 5.32 Å². The summed E-state index contributed by atoms with van der Waals surface area (Å²) < 4.78 is 13.2. The molecule has 1 aliphatic heterocycles. The van der Waals surface area contributed by atoms with Crippen LogP contribution in [0.25, 0.3) is 0 Å². The first kappa shape index (κ1) is 10.4. The Morgan fingerprint density at radius 3 is 2.81 bits per heavy atom. The molecule has 0 radical (unpaired) electrons. The Labute approximate surface area is 91.0 Å². The second-order valence-electron chi connectivity index (χ2n) is 3.46. The monoisotopic (exact) mass is 223 g/mol. The van der Waals surface area contributed by atoms with Crippen LogP contribution < -0.4 is 16.0 Å². The van der Waals surface area contributed by atoms with Crippen molar-refractivity contribution < 1.29 is 14.0 Å². The molecule has 2 rings (SSSR count). The summed E-state index contributed by atoms with van der Waals surface area (Å²) in [5, 5.41) is 2.41. The quantitative estimate of drug-likeness (QED) is 0.651. The number of carbonyl (C=O) groups is 2. The highest BCUT2D eigenvalue weighted by Crippen LogP contribution is 2.20. The van der Waals surface area contributed by atoms with Crippen molar-refractivity contribution in [3.05, 3.63) is 24.0 Å². The van der Waals surface area contributed by atoms with Gasteiger partial charge in [-0.05, 0) is 18.2 Å². The van der Waals surface area contributed by atoms with Gasteiger partial charge in [0.05, 0.1) is 12.2 Å². The minimum atomic E-state index is -0.601. The molecular formula is C10H10FN3O2. The van der Waals surface area contributed by atoms with Gasteiger partial charge in [0.1, 0.15) is 12.4 Å². The van der Waals surface area contributed by atoms with Crippen molar-refractivity contribution >= 4 is 23.2 Å². The van der Waals surface area contributed by atoms with Gasteiger partial charge in [0.25, 0.3) is 0 Å². The molecule has 0 atom stereocenters. The van der Waals surface area contributed by atoms with Crippen LogP contribution in [0.4, 0.5) is 15.8 Å². The van der Waals surface area contributed by atoms with Crippen molar-refractivity contribution in [2.24, 2.45) is 0 Å². The van der Waals surface area contributed by atoms with E-state index in [-0.39, 0.29) is 30.6 Å². The van der Waals surface area contributed by atoms with Crippen molar-refractivity contribution in [1.29, 1.82) is 0 Å². The standard InChI is InChI=1S/C10H10FN3O2/c11-7-3-6(1-2-8(7)12)14-5-9(15)13-4-10(14)16/h1-3H,4-5,12H2,(H,13,15). The summed E-state index contributed by atoms with van der Waals surface area (Å²) in [7, 11) is 0. The van der Waals surface area contributed by atoms with Gasteiger partial charge in [-0.25, -0.2) is 4.39 Å². The second-order valence-corrected chi connectivity index (χ2v) is 3.46. The topological polar surface area (TPSA) is 75.4 Å². The van der Waals surface area contributed by atoms with Crippen LogP contribution in [0.3, 0.4) is 0 Å². The number of rotatable bonds is 1.